The molecule has 22 heavy (non-hydrogen) atoms. The molecule has 2 aromatic heterocycles. The summed E-state index contributed by atoms with van der Waals surface area (Å²) in [7, 11) is 1.70. The first-order valence-electron chi connectivity index (χ1n) is 6.34. The number of carbonyl (C=O) groups is 1. The molecule has 9 heteroatoms. The zero-order valence-corrected chi connectivity index (χ0v) is 13.1. The lowest BCUT2D eigenvalue weighted by Crippen LogP contribution is -2.23. The lowest BCUT2D eigenvalue weighted by atomic mass is 10.2. The van der Waals surface area contributed by atoms with E-state index in [0.29, 0.717) is 16.6 Å². The molecule has 0 aliphatic heterocycles. The molecule has 1 N–H and O–H groups in total. The van der Waals surface area contributed by atoms with Crippen molar-refractivity contribution in [2.45, 2.75) is 6.54 Å². The molecular weight excluding hydrogens is 324 g/mol. The summed E-state index contributed by atoms with van der Waals surface area (Å²) in [6, 6.07) is 7.36. The van der Waals surface area contributed by atoms with Crippen LogP contribution in [0.25, 0.3) is 10.6 Å². The van der Waals surface area contributed by atoms with Crippen molar-refractivity contribution in [1.29, 1.82) is 0 Å². The smallest absolute Gasteiger partial charge is 0.273 e. The Balaban J connectivity index is 1.64. The van der Waals surface area contributed by atoms with Gasteiger partial charge < -0.3 is 5.32 Å². The number of aromatic nitrogens is 5. The van der Waals surface area contributed by atoms with Crippen molar-refractivity contribution >= 4 is 28.8 Å². The van der Waals surface area contributed by atoms with E-state index in [1.807, 2.05) is 12.1 Å². The highest BCUT2D eigenvalue weighted by Crippen LogP contribution is 2.24. The quantitative estimate of drug-likeness (QED) is 0.787. The number of aryl methyl sites for hydroxylation is 1. The molecule has 0 aliphatic carbocycles. The van der Waals surface area contributed by atoms with E-state index in [9.17, 15) is 4.79 Å². The molecule has 112 valence electrons. The molecule has 0 unspecified atom stereocenters. The van der Waals surface area contributed by atoms with E-state index in [1.54, 1.807) is 25.4 Å². The van der Waals surface area contributed by atoms with E-state index in [1.165, 1.54) is 16.0 Å². The zero-order chi connectivity index (χ0) is 15.5. The second kappa shape index (κ2) is 6.20. The molecule has 1 aromatic carbocycles. The highest BCUT2D eigenvalue weighted by molar-refractivity contribution is 7.14. The van der Waals surface area contributed by atoms with Gasteiger partial charge in [0.15, 0.2) is 5.69 Å². The Morgan fingerprint density at radius 2 is 2.05 bits per heavy atom. The molecule has 1 amide bonds. The minimum atomic E-state index is -0.295. The topological polar surface area (TPSA) is 85.6 Å². The van der Waals surface area contributed by atoms with Crippen molar-refractivity contribution < 1.29 is 4.79 Å². The second-order valence-electron chi connectivity index (χ2n) is 4.47. The Morgan fingerprint density at radius 3 is 2.73 bits per heavy atom. The summed E-state index contributed by atoms with van der Waals surface area (Å²) in [4.78, 5) is 11.9. The normalized spacial score (nSPS) is 10.6. The van der Waals surface area contributed by atoms with Crippen molar-refractivity contribution in [3.8, 4) is 10.6 Å². The van der Waals surface area contributed by atoms with E-state index < -0.39 is 0 Å². The van der Waals surface area contributed by atoms with Crippen molar-refractivity contribution in [3.05, 3.63) is 46.2 Å². The fourth-order valence-corrected chi connectivity index (χ4v) is 2.64. The number of hydrogen-bond acceptors (Lipinski definition) is 6. The fraction of sp³-hybridized carbons (Fsp3) is 0.154. The summed E-state index contributed by atoms with van der Waals surface area (Å²) in [5, 5.41) is 20.5. The summed E-state index contributed by atoms with van der Waals surface area (Å²) in [6.07, 6.45) is 1.55. The highest BCUT2D eigenvalue weighted by Gasteiger charge is 2.11. The van der Waals surface area contributed by atoms with Crippen LogP contribution in [0.2, 0.25) is 5.02 Å². The Kier molecular flexibility index (Phi) is 4.12. The molecule has 7 nitrogen and oxygen atoms in total. The number of nitrogens with one attached hydrogen (secondary N) is 1. The molecule has 3 aromatic rings. The molecule has 0 saturated heterocycles. The third-order valence-electron chi connectivity index (χ3n) is 2.79. The second-order valence-corrected chi connectivity index (χ2v) is 5.97. The van der Waals surface area contributed by atoms with Gasteiger partial charge in [-0.25, -0.2) is 0 Å². The Morgan fingerprint density at radius 1 is 1.27 bits per heavy atom. The van der Waals surface area contributed by atoms with Gasteiger partial charge in [0.05, 0.1) is 12.7 Å². The number of nitrogens with zero attached hydrogens (tertiary/aromatic N) is 5. The molecule has 0 aliphatic rings. The third-order valence-corrected chi connectivity index (χ3v) is 4.02. The largest absolute Gasteiger partial charge is 0.344 e. The summed E-state index contributed by atoms with van der Waals surface area (Å²) in [6.45, 7) is 0.292. The van der Waals surface area contributed by atoms with Gasteiger partial charge >= 0.3 is 0 Å². The van der Waals surface area contributed by atoms with Gasteiger partial charge in [-0.3, -0.25) is 9.48 Å². The highest BCUT2D eigenvalue weighted by atomic mass is 35.5. The van der Waals surface area contributed by atoms with Crippen molar-refractivity contribution in [2.24, 2.45) is 7.05 Å². The standard InChI is InChI=1S/C13H11ClN6OS/c1-20-7-10(16-19-20)12(21)15-6-11-17-18-13(22-11)8-2-4-9(14)5-3-8/h2-5,7H,6H2,1H3,(H,15,21). The Hall–Kier alpha value is -2.32. The number of amides is 1. The maximum Gasteiger partial charge on any atom is 0.273 e. The van der Waals surface area contributed by atoms with Crippen LogP contribution in [0.1, 0.15) is 15.5 Å². The average Bonchev–Trinajstić information content (AvgIpc) is 3.15. The average molecular weight is 335 g/mol. The zero-order valence-electron chi connectivity index (χ0n) is 11.5. The lowest BCUT2D eigenvalue weighted by molar-refractivity contribution is 0.0945. The molecular formula is C13H11ClN6OS. The maximum atomic E-state index is 11.9. The van der Waals surface area contributed by atoms with Crippen molar-refractivity contribution in [2.75, 3.05) is 0 Å². The minimum absolute atomic E-state index is 0.268. The van der Waals surface area contributed by atoms with E-state index in [4.69, 9.17) is 11.6 Å². The van der Waals surface area contributed by atoms with Crippen LogP contribution in [0, 0.1) is 0 Å². The van der Waals surface area contributed by atoms with Gasteiger partial charge in [0.1, 0.15) is 10.0 Å². The SMILES string of the molecule is Cn1cc(C(=O)NCc2nnc(-c3ccc(Cl)cc3)s2)nn1. The molecule has 0 atom stereocenters. The van der Waals surface area contributed by atoms with Crippen LogP contribution >= 0.6 is 22.9 Å². The summed E-state index contributed by atoms with van der Waals surface area (Å²) < 4.78 is 1.47. The lowest BCUT2D eigenvalue weighted by Gasteiger charge is -1.98. The van der Waals surface area contributed by atoms with E-state index in [2.05, 4.69) is 25.8 Å². The predicted molar refractivity (Wildman–Crippen MR) is 82.5 cm³/mol. The van der Waals surface area contributed by atoms with Crippen LogP contribution in [-0.2, 0) is 13.6 Å². The van der Waals surface area contributed by atoms with Crippen LogP contribution in [0.5, 0.6) is 0 Å². The van der Waals surface area contributed by atoms with Crippen molar-refractivity contribution in [3.63, 3.8) is 0 Å². The number of hydrogen-bond donors (Lipinski definition) is 1. The van der Waals surface area contributed by atoms with Crippen LogP contribution < -0.4 is 5.32 Å². The molecule has 2 heterocycles. The van der Waals surface area contributed by atoms with Crippen molar-refractivity contribution in [1.82, 2.24) is 30.5 Å². The van der Waals surface area contributed by atoms with E-state index >= 15 is 0 Å². The van der Waals surface area contributed by atoms with Crippen LogP contribution in [0.3, 0.4) is 0 Å². The van der Waals surface area contributed by atoms with Gasteiger partial charge in [-0.05, 0) is 12.1 Å². The fourth-order valence-electron chi connectivity index (χ4n) is 1.73. The molecule has 0 bridgehead atoms. The Labute approximate surface area is 134 Å². The number of halogens is 1. The van der Waals surface area contributed by atoms with Crippen LogP contribution in [0.15, 0.2) is 30.5 Å². The van der Waals surface area contributed by atoms with E-state index in [-0.39, 0.29) is 11.6 Å². The maximum absolute atomic E-state index is 11.9. The predicted octanol–water partition coefficient (Wildman–Crippen LogP) is 1.92. The van der Waals surface area contributed by atoms with Crippen LogP contribution in [0.4, 0.5) is 0 Å². The molecule has 3 rings (SSSR count). The monoisotopic (exact) mass is 334 g/mol. The third kappa shape index (κ3) is 3.29. The van der Waals surface area contributed by atoms with Crippen LogP contribution in [-0.4, -0.2) is 31.1 Å². The Bertz CT molecular complexity index is 797. The van der Waals surface area contributed by atoms with Gasteiger partial charge in [0.25, 0.3) is 5.91 Å². The number of benzene rings is 1. The van der Waals surface area contributed by atoms with Gasteiger partial charge in [0, 0.05) is 17.6 Å². The molecule has 0 fully saturated rings. The first-order valence-corrected chi connectivity index (χ1v) is 7.54. The molecule has 0 spiro atoms. The number of carbonyl (C=O) groups excluding carboxylic acids is 1. The summed E-state index contributed by atoms with van der Waals surface area (Å²) in [5.74, 6) is -0.295. The first-order chi connectivity index (χ1) is 10.6. The van der Waals surface area contributed by atoms with Gasteiger partial charge in [-0.1, -0.05) is 40.3 Å². The summed E-state index contributed by atoms with van der Waals surface area (Å²) >= 11 is 7.27. The number of rotatable bonds is 4. The van der Waals surface area contributed by atoms with E-state index in [0.717, 1.165) is 10.6 Å². The van der Waals surface area contributed by atoms with Gasteiger partial charge in [-0.2, -0.15) is 0 Å². The van der Waals surface area contributed by atoms with Gasteiger partial charge in [0.2, 0.25) is 0 Å². The minimum Gasteiger partial charge on any atom is -0.344 e. The summed E-state index contributed by atoms with van der Waals surface area (Å²) in [5.41, 5.74) is 1.21. The molecule has 0 saturated carbocycles. The molecule has 0 radical (unpaired) electrons. The first kappa shape index (κ1) is 14.6. The van der Waals surface area contributed by atoms with Gasteiger partial charge in [-0.15, -0.1) is 15.3 Å².